The molecule has 0 radical (unpaired) electrons. The Morgan fingerprint density at radius 3 is 1.77 bits per heavy atom. The summed E-state index contributed by atoms with van der Waals surface area (Å²) < 4.78 is 14.7. The molecule has 2 fully saturated rings. The molecule has 4 nitrogen and oxygen atoms in total. The molecule has 0 spiro atoms. The van der Waals surface area contributed by atoms with Crippen LogP contribution in [0.15, 0.2) is 30.3 Å². The van der Waals surface area contributed by atoms with Crippen LogP contribution in [0.2, 0.25) is 55.4 Å². The first kappa shape index (κ1) is 28.8. The Morgan fingerprint density at radius 2 is 1.29 bits per heavy atom. The Bertz CT molecular complexity index is 809. The zero-order valence-corrected chi connectivity index (χ0v) is 26.7. The number of hydrogen-bond acceptors (Lipinski definition) is 3. The molecule has 0 aromatic heterocycles. The van der Waals surface area contributed by atoms with Gasteiger partial charge in [0.2, 0.25) is 5.91 Å². The van der Waals surface area contributed by atoms with E-state index in [1.165, 1.54) is 5.19 Å². The molecule has 198 valence electrons. The lowest BCUT2D eigenvalue weighted by molar-refractivity contribution is -0.130. The van der Waals surface area contributed by atoms with Crippen LogP contribution in [0.25, 0.3) is 0 Å². The van der Waals surface area contributed by atoms with Crippen molar-refractivity contribution in [3.8, 4) is 0 Å². The lowest BCUT2D eigenvalue weighted by Crippen LogP contribution is -2.54. The van der Waals surface area contributed by atoms with E-state index in [1.807, 2.05) is 0 Å². The van der Waals surface area contributed by atoms with Gasteiger partial charge in [-0.3, -0.25) is 4.79 Å². The zero-order valence-electron chi connectivity index (χ0n) is 23.7. The van der Waals surface area contributed by atoms with Gasteiger partial charge < -0.3 is 13.8 Å². The van der Waals surface area contributed by atoms with Crippen molar-refractivity contribution in [3.05, 3.63) is 30.3 Å². The Labute approximate surface area is 218 Å². The Balaban J connectivity index is 2.06. The second kappa shape index (κ2) is 11.8. The molecule has 0 aliphatic carbocycles. The van der Waals surface area contributed by atoms with E-state index in [1.54, 1.807) is 0 Å². The molecule has 35 heavy (non-hydrogen) atoms. The van der Waals surface area contributed by atoms with Crippen molar-refractivity contribution < 1.29 is 13.6 Å². The third kappa shape index (κ3) is 5.74. The smallest absolute Gasteiger partial charge is 0.223 e. The Kier molecular flexibility index (Phi) is 9.68. The number of benzene rings is 1. The van der Waals surface area contributed by atoms with Gasteiger partial charge in [0.25, 0.3) is 0 Å². The molecule has 2 aliphatic rings. The highest BCUT2D eigenvalue weighted by Crippen LogP contribution is 2.44. The van der Waals surface area contributed by atoms with Crippen molar-refractivity contribution in [2.45, 2.75) is 134 Å². The topological polar surface area (TPSA) is 38.8 Å². The molecular formula is C28H51NO3Si3. The fraction of sp³-hybridized carbons (Fsp3) is 0.750. The first-order chi connectivity index (χ1) is 16.6. The fourth-order valence-corrected chi connectivity index (χ4v) is 15.2. The van der Waals surface area contributed by atoms with E-state index in [0.29, 0.717) is 12.3 Å². The number of hydrogen-bond donors (Lipinski definition) is 0. The quantitative estimate of drug-likeness (QED) is 0.263. The van der Waals surface area contributed by atoms with E-state index in [2.05, 4.69) is 89.9 Å². The number of rotatable bonds is 13. The van der Waals surface area contributed by atoms with Crippen LogP contribution in [0, 0.1) is 0 Å². The van der Waals surface area contributed by atoms with E-state index in [-0.39, 0.29) is 24.3 Å². The summed E-state index contributed by atoms with van der Waals surface area (Å²) in [5.74, 6) is 0.325. The molecule has 2 saturated heterocycles. The Morgan fingerprint density at radius 1 is 0.800 bits per heavy atom. The first-order valence-electron chi connectivity index (χ1n) is 14.4. The van der Waals surface area contributed by atoms with Gasteiger partial charge in [-0.1, -0.05) is 90.2 Å². The van der Waals surface area contributed by atoms with Gasteiger partial charge >= 0.3 is 0 Å². The fourth-order valence-electron chi connectivity index (χ4n) is 6.69. The van der Waals surface area contributed by atoms with Crippen molar-refractivity contribution >= 4 is 35.8 Å². The summed E-state index contributed by atoms with van der Waals surface area (Å²) in [6.07, 6.45) is 1.64. The maximum Gasteiger partial charge on any atom is 0.223 e. The van der Waals surface area contributed by atoms with Crippen LogP contribution in [0.3, 0.4) is 0 Å². The van der Waals surface area contributed by atoms with Crippen molar-refractivity contribution in [2.75, 3.05) is 0 Å². The number of fused-ring (bicyclic) bond motifs is 1. The molecule has 2 aliphatic heterocycles. The molecule has 4 atom stereocenters. The van der Waals surface area contributed by atoms with Crippen LogP contribution >= 0.6 is 0 Å². The van der Waals surface area contributed by atoms with Gasteiger partial charge in [0.1, 0.15) is 0 Å². The average molecular weight is 534 g/mol. The molecule has 0 saturated carbocycles. The van der Waals surface area contributed by atoms with Crippen LogP contribution in [0.1, 0.15) is 54.4 Å². The molecule has 7 heteroatoms. The van der Waals surface area contributed by atoms with Gasteiger partial charge in [-0.2, -0.15) is 0 Å². The van der Waals surface area contributed by atoms with E-state index in [9.17, 15) is 4.79 Å². The predicted octanol–water partition coefficient (Wildman–Crippen LogP) is 6.76. The number of carbonyl (C=O) groups excluding carboxylic acids is 1. The summed E-state index contributed by atoms with van der Waals surface area (Å²) in [5, 5.41) is 1.47. The predicted molar refractivity (Wildman–Crippen MR) is 156 cm³/mol. The lowest BCUT2D eigenvalue weighted by atomic mass is 10.1. The summed E-state index contributed by atoms with van der Waals surface area (Å²) in [6.45, 7) is 18.8. The average Bonchev–Trinajstić information content (AvgIpc) is 3.39. The molecule has 1 aromatic carbocycles. The normalized spacial score (nSPS) is 25.4. The minimum absolute atomic E-state index is 0.0165. The molecule has 2 heterocycles. The summed E-state index contributed by atoms with van der Waals surface area (Å²) >= 11 is 0. The van der Waals surface area contributed by atoms with Crippen molar-refractivity contribution in [2.24, 2.45) is 0 Å². The lowest BCUT2D eigenvalue weighted by Gasteiger charge is -2.41. The Hall–Kier alpha value is -0.739. The van der Waals surface area contributed by atoms with Crippen LogP contribution < -0.4 is 5.19 Å². The largest absolute Gasteiger partial charge is 0.409 e. The highest BCUT2D eigenvalue weighted by atomic mass is 28.4. The van der Waals surface area contributed by atoms with Crippen LogP contribution in [0.4, 0.5) is 0 Å². The number of carbonyl (C=O) groups is 1. The van der Waals surface area contributed by atoms with Gasteiger partial charge in [-0.15, -0.1) is 0 Å². The third-order valence-corrected chi connectivity index (χ3v) is 22.3. The van der Waals surface area contributed by atoms with Crippen LogP contribution in [0.5, 0.6) is 0 Å². The van der Waals surface area contributed by atoms with Gasteiger partial charge in [-0.05, 0) is 48.7 Å². The summed E-state index contributed by atoms with van der Waals surface area (Å²) in [4.78, 5) is 15.7. The zero-order chi connectivity index (χ0) is 25.9. The van der Waals surface area contributed by atoms with Crippen molar-refractivity contribution in [1.82, 2.24) is 4.90 Å². The standard InChI is InChI=1S/C28H51NO3Si3/c1-9-34(10-2,11-3)31-27-24-20-21-26(30)29(24)25(28(27)32-35(12-4,13-5)14-6)22-33(7,8)23-18-16-15-17-19-23/h15-19,24-25,27-28H,9-14,20-22H2,1-8H3/t24-,25-,27+,28-/m1/s1. The molecule has 0 bridgehead atoms. The second-order valence-corrected chi connectivity index (χ2v) is 25.8. The first-order valence-corrected chi connectivity index (χ1v) is 22.6. The van der Waals surface area contributed by atoms with Crippen molar-refractivity contribution in [1.29, 1.82) is 0 Å². The van der Waals surface area contributed by atoms with Crippen LogP contribution in [-0.2, 0) is 13.6 Å². The van der Waals surface area contributed by atoms with E-state index in [0.717, 1.165) is 48.7 Å². The maximum atomic E-state index is 13.4. The minimum Gasteiger partial charge on any atom is -0.409 e. The van der Waals surface area contributed by atoms with E-state index >= 15 is 0 Å². The molecule has 0 N–H and O–H groups in total. The summed E-state index contributed by atoms with van der Waals surface area (Å²) in [7, 11) is -5.54. The molecule has 0 unspecified atom stereocenters. The molecule has 3 rings (SSSR count). The second-order valence-electron chi connectivity index (χ2n) is 11.6. The number of amides is 1. The molecule has 1 aromatic rings. The van der Waals surface area contributed by atoms with E-state index in [4.69, 9.17) is 8.85 Å². The van der Waals surface area contributed by atoms with E-state index < -0.39 is 24.7 Å². The van der Waals surface area contributed by atoms with Gasteiger partial charge in [-0.25, -0.2) is 0 Å². The highest BCUT2D eigenvalue weighted by molar-refractivity contribution is 6.90. The molecule has 1 amide bonds. The summed E-state index contributed by atoms with van der Waals surface area (Å²) in [6, 6.07) is 19.2. The molecular weight excluding hydrogens is 483 g/mol. The van der Waals surface area contributed by atoms with Crippen LogP contribution in [-0.4, -0.2) is 59.8 Å². The maximum absolute atomic E-state index is 13.4. The monoisotopic (exact) mass is 533 g/mol. The summed E-state index contributed by atoms with van der Waals surface area (Å²) in [5.41, 5.74) is 0. The highest BCUT2D eigenvalue weighted by Gasteiger charge is 2.58. The van der Waals surface area contributed by atoms with Gasteiger partial charge in [0.05, 0.1) is 32.4 Å². The van der Waals surface area contributed by atoms with Gasteiger partial charge in [0, 0.05) is 6.42 Å². The van der Waals surface area contributed by atoms with Gasteiger partial charge in [0.15, 0.2) is 16.6 Å². The number of nitrogens with zero attached hydrogens (tertiary/aromatic N) is 1. The third-order valence-electron chi connectivity index (χ3n) is 9.65. The SMILES string of the molecule is CC[Si](CC)(CC)O[C@@H]1[C@H](O[Si](CC)(CC)CC)[C@@H](C[Si](C)(C)c2ccccc2)N2C(=O)CC[C@H]12. The minimum atomic E-state index is -1.88. The van der Waals surface area contributed by atoms with Crippen molar-refractivity contribution in [3.63, 3.8) is 0 Å².